The molecule has 35 heteroatoms. The Labute approximate surface area is 697 Å². The topological polar surface area (TPSA) is 79.2 Å². The van der Waals surface area contributed by atoms with Gasteiger partial charge in [-0.25, -0.2) is 0 Å². The number of benzene rings is 3. The minimum absolute atomic E-state index is 0.0818. The van der Waals surface area contributed by atoms with Crippen molar-refractivity contribution in [1.29, 1.82) is 0 Å². The summed E-state index contributed by atoms with van der Waals surface area (Å²) >= 11 is 0. The summed E-state index contributed by atoms with van der Waals surface area (Å²) in [5.74, 6) is -74.2. The van der Waals surface area contributed by atoms with Crippen LogP contribution in [0.3, 0.4) is 0 Å². The molecule has 700 valence electrons. The highest BCUT2D eigenvalue weighted by Gasteiger charge is 2.92. The molecule has 0 bridgehead atoms. The molecular formula is C84H136F26O5Si4. The van der Waals surface area contributed by atoms with Crippen LogP contribution < -0.4 is 0 Å². The van der Waals surface area contributed by atoms with Gasteiger partial charge in [0.1, 0.15) is 17.2 Å². The second kappa shape index (κ2) is 53.9. The second-order valence-corrected chi connectivity index (χ2v) is 46.0. The van der Waals surface area contributed by atoms with E-state index in [2.05, 4.69) is 51.8 Å². The third-order valence-electron chi connectivity index (χ3n) is 21.8. The molecule has 0 heterocycles. The molecule has 0 aliphatic heterocycles. The van der Waals surface area contributed by atoms with Crippen molar-refractivity contribution in [2.45, 2.75) is 394 Å². The molecule has 0 radical (unpaired) electrons. The number of unbranched alkanes of at least 4 members (excludes halogenated alkanes) is 16. The Morgan fingerprint density at radius 3 is 1.08 bits per heavy atom. The van der Waals surface area contributed by atoms with Crippen LogP contribution in [0.4, 0.5) is 114 Å². The molecule has 4 unspecified atom stereocenters. The molecule has 0 aliphatic carbocycles. The minimum atomic E-state index is -8.07. The number of allylic oxidation sites excluding steroid dienone is 1. The van der Waals surface area contributed by atoms with Crippen molar-refractivity contribution in [2.24, 2.45) is 0 Å². The fraction of sp³-hybridized carbons (Fsp3) is 0.762. The molecule has 0 spiro atoms. The molecule has 0 saturated heterocycles. The maximum atomic E-state index is 14.3. The normalized spacial score (nSPS) is 14.4. The summed E-state index contributed by atoms with van der Waals surface area (Å²) in [6.45, 7) is 34.4. The Balaban J connectivity index is -0.00000180. The summed E-state index contributed by atoms with van der Waals surface area (Å²) in [6.07, 6.45) is 7.80. The summed E-state index contributed by atoms with van der Waals surface area (Å²) in [5, 5.41) is 28.5. The van der Waals surface area contributed by atoms with Crippen LogP contribution in [0.25, 0.3) is 0 Å². The number of alkyl halides is 26. The Bertz CT molecular complexity index is 3230. The first-order valence-electron chi connectivity index (χ1n) is 41.5. The molecular weight excluding hydrogens is 1700 g/mol. The summed E-state index contributed by atoms with van der Waals surface area (Å²) in [4.78, 5) is 0. The van der Waals surface area contributed by atoms with Crippen LogP contribution in [0.15, 0.2) is 67.3 Å². The largest absolute Gasteiger partial charge is 0.508 e. The van der Waals surface area contributed by atoms with Crippen molar-refractivity contribution in [1.82, 2.24) is 0 Å². The van der Waals surface area contributed by atoms with Gasteiger partial charge in [-0.05, 0) is 155 Å². The number of aryl methyl sites for hydroxylation is 6. The van der Waals surface area contributed by atoms with Crippen LogP contribution >= 0.6 is 0 Å². The molecule has 3 aromatic rings. The zero-order valence-electron chi connectivity index (χ0n) is 72.6. The lowest BCUT2D eigenvalue weighted by Crippen LogP contribution is -2.70. The van der Waals surface area contributed by atoms with Gasteiger partial charge in [-0.1, -0.05) is 249 Å². The van der Waals surface area contributed by atoms with Crippen LogP contribution in [-0.2, 0) is 21.7 Å². The van der Waals surface area contributed by atoms with Gasteiger partial charge in [0.05, 0.1) is 0 Å². The van der Waals surface area contributed by atoms with Crippen molar-refractivity contribution >= 4 is 35.7 Å². The Hall–Kier alpha value is -4.23. The van der Waals surface area contributed by atoms with Crippen molar-refractivity contribution in [3.05, 3.63) is 101 Å². The second-order valence-electron chi connectivity index (χ2n) is 31.8. The predicted octanol–water partition coefficient (Wildman–Crippen LogP) is 31.0. The van der Waals surface area contributed by atoms with Crippen molar-refractivity contribution in [3.8, 4) is 17.2 Å². The van der Waals surface area contributed by atoms with Gasteiger partial charge < -0.3 is 24.2 Å². The Morgan fingerprint density at radius 1 is 0.387 bits per heavy atom. The SMILES string of the molecule is C=CCCCCCCCc1ccc(C)c(O)c1.CC.CC.CCCCCCCCCC(CCC(C)[SiH2]CCC(F)(F)C(F)(F)C(F)(F)C(F)(F)C(F)(F)C(F)(F)F)[SiH2]CCC(F)(F)C(F)(F)C(F)(F)C(F)(F)C(F)(F)C(F)(F)F.CO[Si](C)(C)C(C)CCC(CCCCCCCCc1ccc(C)c(O)c1)[Si](C)(C)OC.Cc1ccc(C)c(O)c1. The average Bonchev–Trinajstić information content (AvgIpc) is 0.717. The van der Waals surface area contributed by atoms with Crippen LogP contribution in [0, 0.1) is 27.7 Å². The van der Waals surface area contributed by atoms with E-state index in [0.717, 1.165) is 72.7 Å². The number of halogens is 26. The quantitative estimate of drug-likeness (QED) is 0.0227. The monoisotopic (exact) mass is 1830 g/mol. The number of aromatic hydroxyl groups is 3. The van der Waals surface area contributed by atoms with Gasteiger partial charge in [-0.3, -0.25) is 0 Å². The van der Waals surface area contributed by atoms with E-state index in [-0.39, 0.29) is 19.3 Å². The molecule has 0 aliphatic rings. The number of phenolic OH excluding ortho intramolecular Hbond substituents is 3. The van der Waals surface area contributed by atoms with Gasteiger partial charge in [0, 0.05) is 46.1 Å². The maximum Gasteiger partial charge on any atom is 0.460 e. The van der Waals surface area contributed by atoms with Crippen molar-refractivity contribution in [3.63, 3.8) is 0 Å². The molecule has 0 fully saturated rings. The van der Waals surface area contributed by atoms with Gasteiger partial charge in [-0.15, -0.1) is 6.58 Å². The van der Waals surface area contributed by atoms with E-state index in [1.807, 2.05) is 119 Å². The van der Waals surface area contributed by atoms with Gasteiger partial charge in [0.25, 0.3) is 0 Å². The van der Waals surface area contributed by atoms with E-state index in [4.69, 9.17) is 14.0 Å². The van der Waals surface area contributed by atoms with Crippen LogP contribution in [0.1, 0.15) is 255 Å². The molecule has 0 amide bonds. The molecule has 5 nitrogen and oxygen atoms in total. The summed E-state index contributed by atoms with van der Waals surface area (Å²) in [6, 6.07) is 15.4. The number of rotatable bonds is 51. The van der Waals surface area contributed by atoms with Crippen LogP contribution in [-0.4, -0.2) is 137 Å². The first kappa shape index (κ1) is 119. The van der Waals surface area contributed by atoms with E-state index < -0.39 is 143 Å². The van der Waals surface area contributed by atoms with Gasteiger partial charge in [0.2, 0.25) is 0 Å². The molecule has 3 aromatic carbocycles. The molecule has 4 atom stereocenters. The standard InChI is InChI=1S/C30H40F26Si2.C26H50O3Si2.C16H24O.C8H10O.2C2H6/c1-3-4-5-6-7-8-9-10-18(58-16-14-20(33,34)22(37,38)24(41,42)26(45,46)28(49,50)30(54,55)56)12-11-17(2)57-15-13-19(31,32)21(35,36)23(39,40)25(43,44)27(47,48)29(51,52)53;1-22-17-19-24(21-26(22)27)15-13-11-9-10-12-14-16-25(31(7,8)29-4)20-18-23(2)30(5,6)28-3;1-3-4-5-6-7-8-9-10-15-12-11-14(2)16(17)13-15;1-6-3-4-7(2)8(9)5-6;2*1-2/h17-18H,3-16,57-58H2,1-2H3;17,19,21,23,25,27H,9-16,18,20H2,1-8H3;3,11-13,17H,1,4-10H2,2H3;3-5,9H,1-2H3;2*1-2H3. The number of hydrogen-bond donors (Lipinski definition) is 3. The molecule has 3 N–H and O–H groups in total. The fourth-order valence-electron chi connectivity index (χ4n) is 12.6. The van der Waals surface area contributed by atoms with E-state index in [1.165, 1.54) is 108 Å². The molecule has 119 heavy (non-hydrogen) atoms. The average molecular weight is 1830 g/mol. The third-order valence-corrected chi connectivity index (χ3v) is 33.7. The number of hydrogen-bond acceptors (Lipinski definition) is 5. The van der Waals surface area contributed by atoms with Crippen LogP contribution in [0.5, 0.6) is 17.2 Å². The Morgan fingerprint density at radius 2 is 0.723 bits per heavy atom. The highest BCUT2D eigenvalue weighted by molar-refractivity contribution is 6.73. The molecule has 0 aromatic heterocycles. The van der Waals surface area contributed by atoms with E-state index in [1.54, 1.807) is 6.07 Å². The summed E-state index contributed by atoms with van der Waals surface area (Å²) < 4.78 is 361. The van der Waals surface area contributed by atoms with Gasteiger partial charge in [-0.2, -0.15) is 114 Å². The zero-order valence-corrected chi connectivity index (χ0v) is 77.4. The predicted molar refractivity (Wildman–Crippen MR) is 438 cm³/mol. The van der Waals surface area contributed by atoms with Crippen molar-refractivity contribution < 1.29 is 138 Å². The smallest absolute Gasteiger partial charge is 0.460 e. The Kier molecular flexibility index (Phi) is 53.9. The lowest BCUT2D eigenvalue weighted by Gasteiger charge is -2.39. The number of phenols is 3. The van der Waals surface area contributed by atoms with Gasteiger partial charge in [0.15, 0.2) is 16.6 Å². The van der Waals surface area contributed by atoms with E-state index >= 15 is 0 Å². The first-order valence-corrected chi connectivity index (χ1v) is 51.1. The van der Waals surface area contributed by atoms with E-state index in [9.17, 15) is 124 Å². The summed E-state index contributed by atoms with van der Waals surface area (Å²) in [7, 11) is -3.76. The first-order chi connectivity index (χ1) is 54.5. The third kappa shape index (κ3) is 37.1. The fourth-order valence-corrected chi connectivity index (χ4v) is 20.2. The highest BCUT2D eigenvalue weighted by atomic mass is 28.4. The van der Waals surface area contributed by atoms with Crippen molar-refractivity contribution in [2.75, 3.05) is 14.2 Å². The molecule has 3 rings (SSSR count). The summed E-state index contributed by atoms with van der Waals surface area (Å²) in [5.41, 5.74) is 6.31. The lowest BCUT2D eigenvalue weighted by atomic mass is 9.93. The van der Waals surface area contributed by atoms with Gasteiger partial charge >= 0.3 is 71.6 Å². The highest BCUT2D eigenvalue weighted by Crippen LogP contribution is 2.63. The van der Waals surface area contributed by atoms with E-state index in [0.29, 0.717) is 42.1 Å². The van der Waals surface area contributed by atoms with Crippen LogP contribution in [0.2, 0.25) is 60.4 Å². The zero-order chi connectivity index (χ0) is 93.3. The maximum absolute atomic E-state index is 14.3. The molecule has 0 saturated carbocycles. The lowest BCUT2D eigenvalue weighted by molar-refractivity contribution is -0.439. The minimum Gasteiger partial charge on any atom is -0.508 e.